The third kappa shape index (κ3) is 9.66. The molecule has 1 spiro atoms. The standard InChI is InChI=1S/C37H70NO5/c1-9-13-14-15-16-17-18-19-20-21-22-23-24-25-26-27-33(39)41-28-36(12-4)29-42-37(43-30-36)31(5)34(7,10-2)38(40)35(8,11-3)32(37)6/h31-32H,9-30H2,1-8H3. The number of nitrogens with zero attached hydrogens (tertiary/aromatic N) is 1. The van der Waals surface area contributed by atoms with E-state index in [1.165, 1.54) is 88.5 Å². The number of hydrogen-bond acceptors (Lipinski definition) is 5. The largest absolute Gasteiger partial charge is 0.465 e. The first-order valence-electron chi connectivity index (χ1n) is 18.4. The van der Waals surface area contributed by atoms with Gasteiger partial charge < -0.3 is 14.2 Å². The Morgan fingerprint density at radius 1 is 0.674 bits per heavy atom. The van der Waals surface area contributed by atoms with Gasteiger partial charge in [0.05, 0.1) is 29.7 Å². The number of unbranched alkanes of at least 4 members (excludes halogenated alkanes) is 14. The smallest absolute Gasteiger partial charge is 0.305 e. The highest BCUT2D eigenvalue weighted by Crippen LogP contribution is 2.56. The van der Waals surface area contributed by atoms with Gasteiger partial charge in [0.25, 0.3) is 0 Å². The van der Waals surface area contributed by atoms with Gasteiger partial charge in [0.15, 0.2) is 5.79 Å². The first kappa shape index (κ1) is 38.5. The lowest BCUT2D eigenvalue weighted by Crippen LogP contribution is -2.77. The summed E-state index contributed by atoms with van der Waals surface area (Å²) in [6.07, 6.45) is 22.5. The summed E-state index contributed by atoms with van der Waals surface area (Å²) in [7, 11) is 0. The molecule has 2 saturated heterocycles. The Morgan fingerprint density at radius 3 is 1.44 bits per heavy atom. The van der Waals surface area contributed by atoms with Crippen molar-refractivity contribution in [3.63, 3.8) is 0 Å². The summed E-state index contributed by atoms with van der Waals surface area (Å²) in [6.45, 7) is 18.2. The highest BCUT2D eigenvalue weighted by Gasteiger charge is 2.67. The van der Waals surface area contributed by atoms with E-state index in [0.29, 0.717) is 26.2 Å². The van der Waals surface area contributed by atoms with Gasteiger partial charge in [0.2, 0.25) is 0 Å². The molecule has 0 aliphatic carbocycles. The van der Waals surface area contributed by atoms with Crippen LogP contribution in [0.2, 0.25) is 0 Å². The minimum absolute atomic E-state index is 0.0976. The average Bonchev–Trinajstić information content (AvgIpc) is 3.03. The molecule has 2 rings (SSSR count). The highest BCUT2D eigenvalue weighted by atomic mass is 16.7. The minimum Gasteiger partial charge on any atom is -0.465 e. The lowest BCUT2D eigenvalue weighted by molar-refractivity contribution is -0.436. The van der Waals surface area contributed by atoms with Crippen LogP contribution in [0.4, 0.5) is 0 Å². The highest BCUT2D eigenvalue weighted by molar-refractivity contribution is 5.69. The third-order valence-corrected chi connectivity index (χ3v) is 11.9. The molecule has 43 heavy (non-hydrogen) atoms. The molecule has 253 valence electrons. The Kier molecular flexibility index (Phi) is 16.5. The molecule has 4 unspecified atom stereocenters. The fourth-order valence-electron chi connectivity index (χ4n) is 7.53. The van der Waals surface area contributed by atoms with Gasteiger partial charge >= 0.3 is 5.97 Å². The molecule has 6 heteroatoms. The molecule has 6 nitrogen and oxygen atoms in total. The van der Waals surface area contributed by atoms with Crippen LogP contribution in [0.1, 0.15) is 177 Å². The van der Waals surface area contributed by atoms with E-state index in [1.807, 2.05) is 0 Å². The molecule has 0 aromatic heterocycles. The van der Waals surface area contributed by atoms with E-state index in [9.17, 15) is 10.0 Å². The van der Waals surface area contributed by atoms with E-state index in [2.05, 4.69) is 55.4 Å². The maximum absolute atomic E-state index is 13.6. The van der Waals surface area contributed by atoms with Gasteiger partial charge in [-0.3, -0.25) is 4.79 Å². The van der Waals surface area contributed by atoms with Crippen molar-refractivity contribution in [2.24, 2.45) is 17.3 Å². The zero-order valence-electron chi connectivity index (χ0n) is 29.7. The fraction of sp³-hybridized carbons (Fsp3) is 0.973. The van der Waals surface area contributed by atoms with Crippen LogP contribution >= 0.6 is 0 Å². The predicted octanol–water partition coefficient (Wildman–Crippen LogP) is 10.2. The molecule has 0 amide bonds. The molecular formula is C37H70NO5. The molecular weight excluding hydrogens is 538 g/mol. The summed E-state index contributed by atoms with van der Waals surface area (Å²) in [6, 6.07) is 0. The van der Waals surface area contributed by atoms with Crippen molar-refractivity contribution >= 4 is 5.97 Å². The van der Waals surface area contributed by atoms with Gasteiger partial charge in [-0.15, -0.1) is 10.3 Å². The van der Waals surface area contributed by atoms with E-state index in [4.69, 9.17) is 14.2 Å². The lowest BCUT2D eigenvalue weighted by Gasteiger charge is -2.65. The summed E-state index contributed by atoms with van der Waals surface area (Å²) >= 11 is 0. The molecule has 0 aromatic carbocycles. The Labute approximate surface area is 266 Å². The SMILES string of the molecule is CCCCCCCCCCCCCCCCCC(=O)OCC1(CC)COC2(OC1)C(C)C(C)(CC)N([O])C(C)(CC)C2C. The van der Waals surface area contributed by atoms with Crippen LogP contribution in [0.5, 0.6) is 0 Å². The van der Waals surface area contributed by atoms with Gasteiger partial charge in [0.1, 0.15) is 6.61 Å². The molecule has 2 aliphatic rings. The average molecular weight is 609 g/mol. The summed E-state index contributed by atoms with van der Waals surface area (Å²) in [5.41, 5.74) is -1.51. The van der Waals surface area contributed by atoms with Crippen LogP contribution in [-0.2, 0) is 24.2 Å². The topological polar surface area (TPSA) is 67.9 Å². The van der Waals surface area contributed by atoms with Crippen molar-refractivity contribution in [1.29, 1.82) is 0 Å². The van der Waals surface area contributed by atoms with Crippen molar-refractivity contribution < 1.29 is 24.2 Å². The van der Waals surface area contributed by atoms with Crippen molar-refractivity contribution in [2.75, 3.05) is 19.8 Å². The lowest BCUT2D eigenvalue weighted by atomic mass is 9.61. The molecule has 2 fully saturated rings. The number of carbonyl (C=O) groups excluding carboxylic acids is 1. The van der Waals surface area contributed by atoms with Gasteiger partial charge in [-0.25, -0.2) is 0 Å². The first-order valence-corrected chi connectivity index (χ1v) is 18.4. The van der Waals surface area contributed by atoms with Gasteiger partial charge in [0, 0.05) is 18.3 Å². The van der Waals surface area contributed by atoms with Crippen molar-refractivity contribution in [3.05, 3.63) is 0 Å². The van der Waals surface area contributed by atoms with Crippen molar-refractivity contribution in [2.45, 2.75) is 194 Å². The van der Waals surface area contributed by atoms with E-state index in [-0.39, 0.29) is 23.2 Å². The maximum Gasteiger partial charge on any atom is 0.305 e. The van der Waals surface area contributed by atoms with Crippen molar-refractivity contribution in [1.82, 2.24) is 5.06 Å². The normalized spacial score (nSPS) is 33.2. The zero-order chi connectivity index (χ0) is 32.0. The molecule has 2 aliphatic heterocycles. The van der Waals surface area contributed by atoms with E-state index >= 15 is 0 Å². The second-order valence-electron chi connectivity index (χ2n) is 14.7. The monoisotopic (exact) mass is 609 g/mol. The molecule has 1 radical (unpaired) electrons. The third-order valence-electron chi connectivity index (χ3n) is 11.9. The number of esters is 1. The Balaban J connectivity index is 1.67. The summed E-state index contributed by atoms with van der Waals surface area (Å²) in [5, 5.41) is 15.0. The van der Waals surface area contributed by atoms with Gasteiger partial charge in [-0.05, 0) is 39.5 Å². The number of hydroxylamine groups is 2. The van der Waals surface area contributed by atoms with E-state index in [1.54, 1.807) is 0 Å². The van der Waals surface area contributed by atoms with E-state index in [0.717, 1.165) is 32.1 Å². The second-order valence-corrected chi connectivity index (χ2v) is 14.7. The fourth-order valence-corrected chi connectivity index (χ4v) is 7.53. The minimum atomic E-state index is -0.826. The van der Waals surface area contributed by atoms with Crippen LogP contribution in [0.3, 0.4) is 0 Å². The van der Waals surface area contributed by atoms with Gasteiger partial charge in [-0.1, -0.05) is 131 Å². The van der Waals surface area contributed by atoms with Gasteiger partial charge in [-0.2, -0.15) is 0 Å². The predicted molar refractivity (Wildman–Crippen MR) is 176 cm³/mol. The second kappa shape index (κ2) is 18.5. The van der Waals surface area contributed by atoms with Crippen molar-refractivity contribution in [3.8, 4) is 0 Å². The summed E-state index contributed by atoms with van der Waals surface area (Å²) in [4.78, 5) is 12.6. The molecule has 0 aromatic rings. The maximum atomic E-state index is 13.6. The number of carbonyl (C=O) groups is 1. The molecule has 0 saturated carbocycles. The number of ether oxygens (including phenoxy) is 3. The molecule has 2 heterocycles. The Bertz CT molecular complexity index is 755. The number of hydrogen-bond donors (Lipinski definition) is 0. The zero-order valence-corrected chi connectivity index (χ0v) is 29.7. The number of piperidine rings is 1. The quantitative estimate of drug-likeness (QED) is 0.0958. The van der Waals surface area contributed by atoms with Crippen LogP contribution in [0, 0.1) is 17.3 Å². The molecule has 4 atom stereocenters. The summed E-state index contributed by atoms with van der Waals surface area (Å²) < 4.78 is 19.3. The van der Waals surface area contributed by atoms with E-state index < -0.39 is 16.9 Å². The first-order chi connectivity index (χ1) is 20.5. The van der Waals surface area contributed by atoms with Crippen LogP contribution in [-0.4, -0.2) is 47.7 Å². The molecule has 0 bridgehead atoms. The van der Waals surface area contributed by atoms with Crippen LogP contribution < -0.4 is 0 Å². The van der Waals surface area contributed by atoms with Crippen LogP contribution in [0.15, 0.2) is 0 Å². The van der Waals surface area contributed by atoms with Crippen LogP contribution in [0.25, 0.3) is 0 Å². The number of rotatable bonds is 21. The molecule has 0 N–H and O–H groups in total. The Hall–Kier alpha value is -0.690. The summed E-state index contributed by atoms with van der Waals surface area (Å²) in [5.74, 6) is -1.13. The Morgan fingerprint density at radius 2 is 1.07 bits per heavy atom.